The summed E-state index contributed by atoms with van der Waals surface area (Å²) in [4.78, 5) is 26.6. The average Bonchev–Trinajstić information content (AvgIpc) is 3.24. The topological polar surface area (TPSA) is 84.7 Å². The van der Waals surface area contributed by atoms with Crippen LogP contribution in [-0.4, -0.2) is 34.6 Å². The standard InChI is InChI=1S/C20H23N3O4/c1-13-7-9-20(10-8-13)18(24)23(19(25)21-20)12-16-11-17(22-27-16)14-3-5-15(26-2)6-4-14/h3-6,11,13H,7-10,12H2,1-2H3,(H,21,25). The van der Waals surface area contributed by atoms with Gasteiger partial charge in [0.25, 0.3) is 5.91 Å². The minimum atomic E-state index is -0.734. The van der Waals surface area contributed by atoms with Gasteiger partial charge in [-0.2, -0.15) is 0 Å². The normalized spacial score (nSPS) is 25.1. The number of imide groups is 1. The van der Waals surface area contributed by atoms with Crippen molar-refractivity contribution in [1.82, 2.24) is 15.4 Å². The lowest BCUT2D eigenvalue weighted by Gasteiger charge is -2.33. The summed E-state index contributed by atoms with van der Waals surface area (Å²) >= 11 is 0. The first-order valence-corrected chi connectivity index (χ1v) is 9.25. The highest BCUT2D eigenvalue weighted by Gasteiger charge is 2.52. The van der Waals surface area contributed by atoms with E-state index in [1.807, 2.05) is 24.3 Å². The quantitative estimate of drug-likeness (QED) is 0.836. The number of rotatable bonds is 4. The number of hydrogen-bond acceptors (Lipinski definition) is 5. The molecule has 0 bridgehead atoms. The van der Waals surface area contributed by atoms with Crippen molar-refractivity contribution in [1.29, 1.82) is 0 Å². The molecule has 4 rings (SSSR count). The molecule has 7 heteroatoms. The summed E-state index contributed by atoms with van der Waals surface area (Å²) in [5.41, 5.74) is 0.796. The van der Waals surface area contributed by atoms with E-state index < -0.39 is 5.54 Å². The highest BCUT2D eigenvalue weighted by molar-refractivity contribution is 6.07. The number of benzene rings is 1. The number of nitrogens with zero attached hydrogens (tertiary/aromatic N) is 2. The first-order chi connectivity index (χ1) is 13.0. The molecule has 2 aromatic rings. The summed E-state index contributed by atoms with van der Waals surface area (Å²) in [5.74, 6) is 1.68. The van der Waals surface area contributed by atoms with Crippen molar-refractivity contribution < 1.29 is 18.8 Å². The Morgan fingerprint density at radius 2 is 1.96 bits per heavy atom. The van der Waals surface area contributed by atoms with E-state index >= 15 is 0 Å². The second-order valence-electron chi connectivity index (χ2n) is 7.49. The maximum Gasteiger partial charge on any atom is 0.325 e. The van der Waals surface area contributed by atoms with Gasteiger partial charge in [-0.3, -0.25) is 9.69 Å². The lowest BCUT2D eigenvalue weighted by atomic mass is 9.77. The van der Waals surface area contributed by atoms with Crippen LogP contribution >= 0.6 is 0 Å². The van der Waals surface area contributed by atoms with Crippen LogP contribution in [0, 0.1) is 5.92 Å². The van der Waals surface area contributed by atoms with Crippen LogP contribution < -0.4 is 10.1 Å². The Kier molecular flexibility index (Phi) is 4.37. The highest BCUT2D eigenvalue weighted by Crippen LogP contribution is 2.37. The molecule has 0 radical (unpaired) electrons. The summed E-state index contributed by atoms with van der Waals surface area (Å²) in [6.07, 6.45) is 3.29. The zero-order chi connectivity index (χ0) is 19.0. The summed E-state index contributed by atoms with van der Waals surface area (Å²) in [6, 6.07) is 8.86. The van der Waals surface area contributed by atoms with Gasteiger partial charge in [0.2, 0.25) is 0 Å². The van der Waals surface area contributed by atoms with Crippen LogP contribution in [0.2, 0.25) is 0 Å². The molecule has 142 valence electrons. The number of amides is 3. The minimum absolute atomic E-state index is 0.0884. The van der Waals surface area contributed by atoms with E-state index in [4.69, 9.17) is 9.26 Å². The van der Waals surface area contributed by atoms with E-state index in [0.717, 1.165) is 24.2 Å². The number of hydrogen-bond donors (Lipinski definition) is 1. The Hall–Kier alpha value is -2.83. The molecule has 27 heavy (non-hydrogen) atoms. The van der Waals surface area contributed by atoms with Gasteiger partial charge in [-0.15, -0.1) is 0 Å². The van der Waals surface area contributed by atoms with Crippen LogP contribution in [0.4, 0.5) is 4.79 Å². The van der Waals surface area contributed by atoms with Crippen LogP contribution in [0.25, 0.3) is 11.3 Å². The smallest absolute Gasteiger partial charge is 0.325 e. The van der Waals surface area contributed by atoms with Crippen molar-refractivity contribution in [3.8, 4) is 17.0 Å². The van der Waals surface area contributed by atoms with Crippen molar-refractivity contribution in [3.63, 3.8) is 0 Å². The zero-order valence-electron chi connectivity index (χ0n) is 15.5. The van der Waals surface area contributed by atoms with Gasteiger partial charge in [-0.05, 0) is 55.9 Å². The van der Waals surface area contributed by atoms with Gasteiger partial charge in [-0.25, -0.2) is 4.79 Å². The van der Waals surface area contributed by atoms with Crippen LogP contribution in [0.15, 0.2) is 34.9 Å². The SMILES string of the molecule is COc1ccc(-c2cc(CN3C(=O)NC4(CCC(C)CC4)C3=O)on2)cc1. The van der Waals surface area contributed by atoms with Crippen LogP contribution in [0.5, 0.6) is 5.75 Å². The summed E-state index contributed by atoms with van der Waals surface area (Å²) in [5, 5.41) is 6.99. The molecule has 2 heterocycles. The lowest BCUT2D eigenvalue weighted by molar-refractivity contribution is -0.133. The van der Waals surface area contributed by atoms with Gasteiger partial charge >= 0.3 is 6.03 Å². The molecule has 0 unspecified atom stereocenters. The molecule has 1 aliphatic heterocycles. The fourth-order valence-corrected chi connectivity index (χ4v) is 3.85. The maximum atomic E-state index is 12.9. The Morgan fingerprint density at radius 1 is 1.26 bits per heavy atom. The van der Waals surface area contributed by atoms with Gasteiger partial charge in [0.1, 0.15) is 17.0 Å². The Morgan fingerprint density at radius 3 is 2.63 bits per heavy atom. The molecule has 2 aliphatic rings. The van der Waals surface area contributed by atoms with Crippen molar-refractivity contribution in [2.45, 2.75) is 44.7 Å². The molecule has 2 fully saturated rings. The summed E-state index contributed by atoms with van der Waals surface area (Å²) < 4.78 is 10.5. The molecule has 1 saturated heterocycles. The van der Waals surface area contributed by atoms with Gasteiger partial charge in [0.15, 0.2) is 5.76 Å². The molecule has 3 amide bonds. The molecule has 1 aromatic carbocycles. The second-order valence-corrected chi connectivity index (χ2v) is 7.49. The van der Waals surface area contributed by atoms with Gasteiger partial charge in [0, 0.05) is 11.6 Å². The van der Waals surface area contributed by atoms with Crippen molar-refractivity contribution in [2.75, 3.05) is 7.11 Å². The number of carbonyl (C=O) groups excluding carboxylic acids is 2. The number of ether oxygens (including phenoxy) is 1. The predicted molar refractivity (Wildman–Crippen MR) is 97.9 cm³/mol. The molecule has 1 spiro atoms. The molecular weight excluding hydrogens is 346 g/mol. The van der Waals surface area contributed by atoms with Crippen LogP contribution in [-0.2, 0) is 11.3 Å². The van der Waals surface area contributed by atoms with Crippen LogP contribution in [0.3, 0.4) is 0 Å². The molecule has 1 N–H and O–H groups in total. The van der Waals surface area contributed by atoms with Crippen molar-refractivity contribution in [2.24, 2.45) is 5.92 Å². The molecule has 1 saturated carbocycles. The first-order valence-electron chi connectivity index (χ1n) is 9.25. The molecule has 7 nitrogen and oxygen atoms in total. The monoisotopic (exact) mass is 369 g/mol. The largest absolute Gasteiger partial charge is 0.497 e. The van der Waals surface area contributed by atoms with E-state index in [0.29, 0.717) is 30.2 Å². The van der Waals surface area contributed by atoms with Crippen molar-refractivity contribution >= 4 is 11.9 Å². The minimum Gasteiger partial charge on any atom is -0.497 e. The van der Waals surface area contributed by atoms with Crippen LogP contribution in [0.1, 0.15) is 38.4 Å². The molecule has 0 atom stereocenters. The Bertz CT molecular complexity index is 850. The highest BCUT2D eigenvalue weighted by atomic mass is 16.5. The van der Waals surface area contributed by atoms with Crippen molar-refractivity contribution in [3.05, 3.63) is 36.1 Å². The van der Waals surface area contributed by atoms with Gasteiger partial charge in [0.05, 0.1) is 13.7 Å². The van der Waals surface area contributed by atoms with E-state index in [-0.39, 0.29) is 18.5 Å². The van der Waals surface area contributed by atoms with Gasteiger partial charge in [-0.1, -0.05) is 12.1 Å². The van der Waals surface area contributed by atoms with Gasteiger partial charge < -0.3 is 14.6 Å². The fraction of sp³-hybridized carbons (Fsp3) is 0.450. The number of urea groups is 1. The predicted octanol–water partition coefficient (Wildman–Crippen LogP) is 3.35. The number of aromatic nitrogens is 1. The third kappa shape index (κ3) is 3.18. The Balaban J connectivity index is 1.48. The lowest BCUT2D eigenvalue weighted by Crippen LogP contribution is -2.49. The second kappa shape index (κ2) is 6.72. The number of methoxy groups -OCH3 is 1. The van der Waals surface area contributed by atoms with E-state index in [1.165, 1.54) is 4.90 Å². The Labute approximate surface area is 157 Å². The fourth-order valence-electron chi connectivity index (χ4n) is 3.85. The number of nitrogens with one attached hydrogen (secondary N) is 1. The molecular formula is C20H23N3O4. The number of carbonyl (C=O) groups is 2. The van der Waals surface area contributed by atoms with E-state index in [9.17, 15) is 9.59 Å². The third-order valence-corrected chi connectivity index (χ3v) is 5.63. The molecule has 1 aromatic heterocycles. The van der Waals surface area contributed by atoms with E-state index in [1.54, 1.807) is 13.2 Å². The maximum absolute atomic E-state index is 12.9. The summed E-state index contributed by atoms with van der Waals surface area (Å²) in [6.45, 7) is 2.27. The van der Waals surface area contributed by atoms with E-state index in [2.05, 4.69) is 17.4 Å². The average molecular weight is 369 g/mol. The summed E-state index contributed by atoms with van der Waals surface area (Å²) in [7, 11) is 1.61. The third-order valence-electron chi connectivity index (χ3n) is 5.63. The zero-order valence-corrected chi connectivity index (χ0v) is 15.5. The molecule has 1 aliphatic carbocycles. The first kappa shape index (κ1) is 17.6.